The van der Waals surface area contributed by atoms with Crippen molar-refractivity contribution in [1.29, 1.82) is 0 Å². The van der Waals surface area contributed by atoms with E-state index in [1.54, 1.807) is 6.92 Å². The Morgan fingerprint density at radius 2 is 1.80 bits per heavy atom. The van der Waals surface area contributed by atoms with E-state index < -0.39 is 119 Å². The molecule has 326 valence electrons. The van der Waals surface area contributed by atoms with E-state index >= 15 is 4.39 Å². The fraction of sp³-hybridized carbons (Fsp3) is 0.553. The minimum absolute atomic E-state index is 0.0233. The molecule has 0 heterocycles. The molecule has 1 amide bonds. The van der Waals surface area contributed by atoms with Crippen LogP contribution in [0.15, 0.2) is 48.1 Å². The molecule has 0 aliphatic heterocycles. The summed E-state index contributed by atoms with van der Waals surface area (Å²) in [5, 5.41) is 55.1. The monoisotopic (exact) mass is 849 g/mol. The highest BCUT2D eigenvalue weighted by Crippen LogP contribution is 2.69. The molecule has 0 bridgehead atoms. The molecule has 22 heteroatoms. The van der Waals surface area contributed by atoms with Crippen LogP contribution < -0.4 is 14.8 Å². The number of fused-ring (bicyclic) bond motifs is 5. The zero-order valence-electron chi connectivity index (χ0n) is 32.6. The van der Waals surface area contributed by atoms with Gasteiger partial charge in [0.25, 0.3) is 10.2 Å². The first kappa shape index (κ1) is 45.1. The molecule has 21 nitrogen and oxygen atoms in total. The molecule has 3 fully saturated rings. The summed E-state index contributed by atoms with van der Waals surface area (Å²) in [4.78, 5) is 92.1. The third-order valence-electron chi connectivity index (χ3n) is 12.1. The van der Waals surface area contributed by atoms with Gasteiger partial charge in [0.2, 0.25) is 5.78 Å². The van der Waals surface area contributed by atoms with Gasteiger partial charge in [-0.05, 0) is 74.4 Å². The average Bonchev–Trinajstić information content (AvgIpc) is 3.39. The summed E-state index contributed by atoms with van der Waals surface area (Å²) in [6.07, 6.45) is -0.0000380. The van der Waals surface area contributed by atoms with Gasteiger partial charge in [0.1, 0.15) is 19.3 Å². The number of hydrogen-bond donors (Lipinski definition) is 4. The number of carbonyl (C=O) groups excluding carboxylic acids is 5. The van der Waals surface area contributed by atoms with E-state index in [0.717, 1.165) is 6.08 Å². The molecule has 5 rings (SSSR count). The van der Waals surface area contributed by atoms with Crippen molar-refractivity contribution in [2.75, 3.05) is 33.5 Å². The second-order valence-electron chi connectivity index (χ2n) is 15.3. The predicted molar refractivity (Wildman–Crippen MR) is 197 cm³/mol. The van der Waals surface area contributed by atoms with Crippen LogP contribution in [0.25, 0.3) is 6.08 Å². The fourth-order valence-electron chi connectivity index (χ4n) is 9.13. The van der Waals surface area contributed by atoms with Crippen molar-refractivity contribution in [2.24, 2.45) is 22.7 Å². The standard InChI is InChI=1S/C38H44FN3O18/c1-35-12-10-23(43)15-22(35)6-7-25-26-16-29(44)38(50,36(26,2)17-30(45)37(25,35)39)31(46)20-57-34(49)40-18-33(48)59-27-8-4-21(14-28(27)55-3)5-9-32(47)56-13-11-24(60-42(53)54)19-58-41(51)52/h4-5,8-10,12,14-15,24-26,29-30,44-45,50H,6-7,11,13,16-20H2,1-3H3,(H,40,49)/b9-5+/t24?,25-,26-,29+,30-,35-,36-,37-,38-/m0/s1. The number of carbonyl (C=O) groups is 5. The van der Waals surface area contributed by atoms with Gasteiger partial charge in [-0.3, -0.25) is 9.59 Å². The second-order valence-corrected chi connectivity index (χ2v) is 15.3. The van der Waals surface area contributed by atoms with Gasteiger partial charge in [-0.25, -0.2) is 18.8 Å². The maximum absolute atomic E-state index is 17.3. The molecule has 4 N–H and O–H groups in total. The number of aliphatic hydroxyl groups excluding tert-OH is 2. The lowest BCUT2D eigenvalue weighted by atomic mass is 9.44. The van der Waals surface area contributed by atoms with Crippen molar-refractivity contribution in [2.45, 2.75) is 75.5 Å². The number of amides is 1. The van der Waals surface area contributed by atoms with Gasteiger partial charge in [-0.1, -0.05) is 24.6 Å². The van der Waals surface area contributed by atoms with E-state index in [1.807, 2.05) is 0 Å². The number of ketones is 2. The molecule has 0 saturated heterocycles. The molecule has 1 aromatic rings. The first-order valence-electron chi connectivity index (χ1n) is 18.7. The van der Waals surface area contributed by atoms with Crippen molar-refractivity contribution in [3.05, 3.63) is 73.9 Å². The zero-order chi connectivity index (χ0) is 44.2. The smallest absolute Gasteiger partial charge is 0.408 e. The summed E-state index contributed by atoms with van der Waals surface area (Å²) in [5.41, 5.74) is -6.77. The lowest BCUT2D eigenvalue weighted by Gasteiger charge is -2.62. The topological polar surface area (TPSA) is 300 Å². The third-order valence-corrected chi connectivity index (χ3v) is 12.1. The Bertz CT molecular complexity index is 2010. The van der Waals surface area contributed by atoms with E-state index in [1.165, 1.54) is 56.5 Å². The van der Waals surface area contributed by atoms with E-state index in [9.17, 15) is 59.5 Å². The Morgan fingerprint density at radius 1 is 1.07 bits per heavy atom. The first-order valence-corrected chi connectivity index (χ1v) is 18.7. The summed E-state index contributed by atoms with van der Waals surface area (Å²) in [5.74, 6) is -5.02. The van der Waals surface area contributed by atoms with Crippen LogP contribution in [0.2, 0.25) is 0 Å². The van der Waals surface area contributed by atoms with Gasteiger partial charge in [0.05, 0.1) is 25.9 Å². The average molecular weight is 850 g/mol. The van der Waals surface area contributed by atoms with Crippen LogP contribution in [0.5, 0.6) is 11.5 Å². The molecular formula is C38H44FN3O18. The number of allylic oxidation sites excluding steroid dienone is 4. The largest absolute Gasteiger partial charge is 0.493 e. The lowest BCUT2D eigenvalue weighted by molar-refractivity contribution is -0.790. The van der Waals surface area contributed by atoms with Gasteiger partial charge >= 0.3 is 18.0 Å². The highest BCUT2D eigenvalue weighted by atomic mass is 19.1. The van der Waals surface area contributed by atoms with Crippen molar-refractivity contribution in [3.63, 3.8) is 0 Å². The SMILES string of the molecule is COc1cc(/C=C/C(=O)OCCC(CO[N+](=O)[O-])O[N+](=O)[O-])ccc1OC(=O)CNC(=O)OCC(=O)[C@@]1(O)[C@H](O)C[C@H]2[C@@H]3CCC4=CC(=O)C=C[C@]4(C)[C@@]3(F)[C@@H](O)C[C@@]21C. The van der Waals surface area contributed by atoms with Gasteiger partial charge in [-0.2, -0.15) is 0 Å². The van der Waals surface area contributed by atoms with Crippen LogP contribution in [-0.4, -0.2) is 118 Å². The summed E-state index contributed by atoms with van der Waals surface area (Å²) >= 11 is 0. The maximum Gasteiger partial charge on any atom is 0.408 e. The second kappa shape index (κ2) is 17.7. The van der Waals surface area contributed by atoms with Crippen LogP contribution in [0.1, 0.15) is 51.5 Å². The minimum Gasteiger partial charge on any atom is -0.493 e. The fourth-order valence-corrected chi connectivity index (χ4v) is 9.13. The molecular weight excluding hydrogens is 805 g/mol. The van der Waals surface area contributed by atoms with Crippen molar-refractivity contribution >= 4 is 35.7 Å². The summed E-state index contributed by atoms with van der Waals surface area (Å²) in [6.45, 7) is 0.128. The molecule has 4 aliphatic rings. The summed E-state index contributed by atoms with van der Waals surface area (Å²) in [6, 6.07) is 4.10. The van der Waals surface area contributed by atoms with E-state index in [4.69, 9.17) is 18.9 Å². The van der Waals surface area contributed by atoms with E-state index in [2.05, 4.69) is 15.0 Å². The molecule has 0 aromatic heterocycles. The van der Waals surface area contributed by atoms with Crippen LogP contribution in [-0.2, 0) is 38.3 Å². The van der Waals surface area contributed by atoms with Gasteiger partial charge in [0.15, 0.2) is 35.2 Å². The molecule has 60 heavy (non-hydrogen) atoms. The molecule has 4 aliphatic carbocycles. The van der Waals surface area contributed by atoms with E-state index in [0.29, 0.717) is 17.6 Å². The summed E-state index contributed by atoms with van der Waals surface area (Å²) < 4.78 is 37.7. The molecule has 9 atom stereocenters. The predicted octanol–water partition coefficient (Wildman–Crippen LogP) is 1.70. The number of benzene rings is 1. The number of rotatable bonds is 17. The molecule has 3 saturated carbocycles. The zero-order valence-corrected chi connectivity index (χ0v) is 32.6. The van der Waals surface area contributed by atoms with Gasteiger partial charge in [-0.15, -0.1) is 20.2 Å². The summed E-state index contributed by atoms with van der Waals surface area (Å²) in [7, 11) is 1.26. The van der Waals surface area contributed by atoms with Crippen LogP contribution in [0, 0.1) is 42.9 Å². The number of aliphatic hydroxyl groups is 3. The van der Waals surface area contributed by atoms with Gasteiger partial charge in [0, 0.05) is 29.2 Å². The quantitative estimate of drug-likeness (QED) is 0.0570. The van der Waals surface area contributed by atoms with E-state index in [-0.39, 0.29) is 36.5 Å². The number of nitrogens with zero attached hydrogens (tertiary/aromatic N) is 2. The number of hydrogen-bond acceptors (Lipinski definition) is 18. The third kappa shape index (κ3) is 8.66. The highest BCUT2D eigenvalue weighted by Gasteiger charge is 2.76. The normalized spacial score (nSPS) is 30.7. The van der Waals surface area contributed by atoms with Crippen LogP contribution >= 0.6 is 0 Å². The van der Waals surface area contributed by atoms with Crippen molar-refractivity contribution in [3.8, 4) is 11.5 Å². The first-order chi connectivity index (χ1) is 28.2. The van der Waals surface area contributed by atoms with Crippen molar-refractivity contribution in [1.82, 2.24) is 5.32 Å². The number of methoxy groups -OCH3 is 1. The Labute approximate surface area is 340 Å². The molecule has 0 radical (unpaired) electrons. The molecule has 1 unspecified atom stereocenters. The number of ether oxygens (including phenoxy) is 4. The molecule has 0 spiro atoms. The van der Waals surface area contributed by atoms with Crippen LogP contribution in [0.3, 0.4) is 0 Å². The molecule has 1 aromatic carbocycles. The number of alkyl halides is 1. The Kier molecular flexibility index (Phi) is 13.3. The number of alkyl carbamates (subject to hydrolysis) is 1. The van der Waals surface area contributed by atoms with Crippen LogP contribution in [0.4, 0.5) is 9.18 Å². The van der Waals surface area contributed by atoms with Gasteiger partial charge < -0.3 is 49.3 Å². The number of Topliss-reactive ketones (excluding diaryl/α,β-unsaturated/α-hetero) is 1. The highest BCUT2D eigenvalue weighted by molar-refractivity contribution is 6.01. The Morgan fingerprint density at radius 3 is 2.48 bits per heavy atom. The Balaban J connectivity index is 1.11. The lowest BCUT2D eigenvalue weighted by Crippen LogP contribution is -2.69. The number of esters is 2. The Hall–Kier alpha value is -6.00. The number of nitrogens with one attached hydrogen (secondary N) is 1. The van der Waals surface area contributed by atoms with Crippen molar-refractivity contribution < 1.29 is 82.5 Å². The minimum atomic E-state index is -2.54. The maximum atomic E-state index is 17.3. The number of halogens is 1.